The fourth-order valence-electron chi connectivity index (χ4n) is 2.57. The summed E-state index contributed by atoms with van der Waals surface area (Å²) in [6, 6.07) is 6.96. The van der Waals surface area contributed by atoms with Crippen LogP contribution in [0.2, 0.25) is 0 Å². The van der Waals surface area contributed by atoms with Crippen molar-refractivity contribution in [3.05, 3.63) is 28.2 Å². The molecule has 0 saturated carbocycles. The van der Waals surface area contributed by atoms with Crippen molar-refractivity contribution in [1.82, 2.24) is 4.90 Å². The summed E-state index contributed by atoms with van der Waals surface area (Å²) in [6.07, 6.45) is 3.94. The van der Waals surface area contributed by atoms with E-state index >= 15 is 0 Å². The van der Waals surface area contributed by atoms with Gasteiger partial charge in [-0.25, -0.2) is 0 Å². The first-order chi connectivity index (χ1) is 7.69. The summed E-state index contributed by atoms with van der Waals surface area (Å²) >= 11 is 3.50. The number of nitrogens with two attached hydrogens (primary N) is 1. The molecule has 3 heteroatoms. The first-order valence-corrected chi connectivity index (χ1v) is 6.77. The fraction of sp³-hybridized carbons (Fsp3) is 0.538. The van der Waals surface area contributed by atoms with Gasteiger partial charge in [0.05, 0.1) is 0 Å². The van der Waals surface area contributed by atoms with Crippen LogP contribution in [0.1, 0.15) is 31.7 Å². The highest BCUT2D eigenvalue weighted by Gasteiger charge is 2.22. The minimum Gasteiger partial charge on any atom is -0.399 e. The maximum Gasteiger partial charge on any atom is 0.0328 e. The molecule has 1 aromatic rings. The van der Waals surface area contributed by atoms with Crippen LogP contribution >= 0.6 is 15.9 Å². The highest BCUT2D eigenvalue weighted by Crippen LogP contribution is 2.24. The maximum absolute atomic E-state index is 5.85. The average molecular weight is 283 g/mol. The minimum absolute atomic E-state index is 0.764. The fourth-order valence-corrected chi connectivity index (χ4v) is 3.13. The van der Waals surface area contributed by atoms with Crippen molar-refractivity contribution < 1.29 is 0 Å². The third-order valence-corrected chi connectivity index (χ3v) is 3.79. The lowest BCUT2D eigenvalue weighted by Crippen LogP contribution is -2.28. The van der Waals surface area contributed by atoms with E-state index < -0.39 is 0 Å². The zero-order valence-electron chi connectivity index (χ0n) is 9.75. The van der Waals surface area contributed by atoms with Crippen LogP contribution in [-0.2, 0) is 6.54 Å². The molecule has 88 valence electrons. The summed E-state index contributed by atoms with van der Waals surface area (Å²) in [5, 5.41) is 0. The van der Waals surface area contributed by atoms with Crippen LogP contribution in [0, 0.1) is 0 Å². The van der Waals surface area contributed by atoms with Crippen molar-refractivity contribution in [2.24, 2.45) is 0 Å². The summed E-state index contributed by atoms with van der Waals surface area (Å²) in [5.41, 5.74) is 8.01. The lowest BCUT2D eigenvalue weighted by atomic mass is 10.1. The monoisotopic (exact) mass is 282 g/mol. The van der Waals surface area contributed by atoms with Gasteiger partial charge in [0.25, 0.3) is 0 Å². The number of nitrogen functional groups attached to an aromatic ring is 1. The number of nitrogens with zero attached hydrogens (tertiary/aromatic N) is 1. The van der Waals surface area contributed by atoms with Crippen molar-refractivity contribution >= 4 is 21.6 Å². The first-order valence-electron chi connectivity index (χ1n) is 5.98. The third-order valence-electron chi connectivity index (χ3n) is 3.34. The highest BCUT2D eigenvalue weighted by molar-refractivity contribution is 9.10. The molecule has 0 amide bonds. The molecule has 2 N–H and O–H groups in total. The standard InChI is InChI=1S/C13H19BrN2/c1-2-13-4-3-5-16(13)9-10-6-11(14)8-12(15)7-10/h6-8,13H,2-5,9,15H2,1H3. The van der Waals surface area contributed by atoms with E-state index in [2.05, 4.69) is 39.9 Å². The highest BCUT2D eigenvalue weighted by atomic mass is 79.9. The van der Waals surface area contributed by atoms with Gasteiger partial charge in [0.2, 0.25) is 0 Å². The predicted molar refractivity (Wildman–Crippen MR) is 72.3 cm³/mol. The van der Waals surface area contributed by atoms with E-state index in [9.17, 15) is 0 Å². The quantitative estimate of drug-likeness (QED) is 0.861. The molecule has 1 aliphatic rings. The van der Waals surface area contributed by atoms with Crippen LogP contribution in [0.4, 0.5) is 5.69 Å². The number of hydrogen-bond donors (Lipinski definition) is 1. The van der Waals surface area contributed by atoms with Gasteiger partial charge in [-0.1, -0.05) is 22.9 Å². The topological polar surface area (TPSA) is 29.3 Å². The van der Waals surface area contributed by atoms with E-state index in [0.29, 0.717) is 0 Å². The molecule has 1 heterocycles. The molecule has 0 spiro atoms. The summed E-state index contributed by atoms with van der Waals surface area (Å²) in [4.78, 5) is 2.57. The molecule has 2 rings (SSSR count). The molecular weight excluding hydrogens is 264 g/mol. The third kappa shape index (κ3) is 2.77. The number of hydrogen-bond acceptors (Lipinski definition) is 2. The minimum atomic E-state index is 0.764. The second-order valence-electron chi connectivity index (χ2n) is 4.57. The summed E-state index contributed by atoms with van der Waals surface area (Å²) in [5.74, 6) is 0. The van der Waals surface area contributed by atoms with E-state index in [4.69, 9.17) is 5.73 Å². The lowest BCUT2D eigenvalue weighted by Gasteiger charge is -2.23. The molecule has 16 heavy (non-hydrogen) atoms. The first kappa shape index (κ1) is 11.9. The molecule has 1 aromatic carbocycles. The van der Waals surface area contributed by atoms with Gasteiger partial charge >= 0.3 is 0 Å². The predicted octanol–water partition coefficient (Wildman–Crippen LogP) is 3.41. The van der Waals surface area contributed by atoms with E-state index in [0.717, 1.165) is 22.7 Å². The van der Waals surface area contributed by atoms with Gasteiger partial charge in [0.1, 0.15) is 0 Å². The number of halogens is 1. The van der Waals surface area contributed by atoms with Crippen LogP contribution < -0.4 is 5.73 Å². The van der Waals surface area contributed by atoms with Gasteiger partial charge in [-0.05, 0) is 49.6 Å². The van der Waals surface area contributed by atoms with Crippen LogP contribution in [0.5, 0.6) is 0 Å². The van der Waals surface area contributed by atoms with Gasteiger partial charge in [-0.3, -0.25) is 4.90 Å². The van der Waals surface area contributed by atoms with Gasteiger partial charge < -0.3 is 5.73 Å². The molecule has 1 atom stereocenters. The second kappa shape index (κ2) is 5.19. The van der Waals surface area contributed by atoms with Crippen LogP contribution in [-0.4, -0.2) is 17.5 Å². The molecular formula is C13H19BrN2. The van der Waals surface area contributed by atoms with Gasteiger partial charge in [0, 0.05) is 22.7 Å². The Hall–Kier alpha value is -0.540. The van der Waals surface area contributed by atoms with Gasteiger partial charge in [-0.2, -0.15) is 0 Å². The molecule has 0 radical (unpaired) electrons. The molecule has 2 nitrogen and oxygen atoms in total. The Bertz CT molecular complexity index is 345. The van der Waals surface area contributed by atoms with Crippen molar-refractivity contribution in [3.8, 4) is 0 Å². The Morgan fingerprint density at radius 3 is 2.94 bits per heavy atom. The van der Waals surface area contributed by atoms with E-state index in [1.165, 1.54) is 31.4 Å². The molecule has 1 unspecified atom stereocenters. The van der Waals surface area contributed by atoms with Crippen LogP contribution in [0.15, 0.2) is 22.7 Å². The lowest BCUT2D eigenvalue weighted by molar-refractivity contribution is 0.240. The Kier molecular flexibility index (Phi) is 3.87. The second-order valence-corrected chi connectivity index (χ2v) is 5.48. The SMILES string of the molecule is CCC1CCCN1Cc1cc(N)cc(Br)c1. The number of rotatable bonds is 3. The van der Waals surface area contributed by atoms with Crippen molar-refractivity contribution in [3.63, 3.8) is 0 Å². The Morgan fingerprint density at radius 2 is 2.25 bits per heavy atom. The zero-order valence-corrected chi connectivity index (χ0v) is 11.3. The summed E-state index contributed by atoms with van der Waals surface area (Å²) in [6.45, 7) is 4.53. The molecule has 1 saturated heterocycles. The largest absolute Gasteiger partial charge is 0.399 e. The van der Waals surface area contributed by atoms with Crippen LogP contribution in [0.25, 0.3) is 0 Å². The molecule has 0 bridgehead atoms. The normalized spacial score (nSPS) is 21.5. The Labute approximate surface area is 106 Å². The summed E-state index contributed by atoms with van der Waals surface area (Å²) < 4.78 is 1.08. The smallest absolute Gasteiger partial charge is 0.0328 e. The van der Waals surface area contributed by atoms with Gasteiger partial charge in [0.15, 0.2) is 0 Å². The van der Waals surface area contributed by atoms with Gasteiger partial charge in [-0.15, -0.1) is 0 Å². The maximum atomic E-state index is 5.85. The number of anilines is 1. The van der Waals surface area contributed by atoms with E-state index in [1.807, 2.05) is 6.07 Å². The van der Waals surface area contributed by atoms with Crippen molar-refractivity contribution in [2.75, 3.05) is 12.3 Å². The number of likely N-dealkylation sites (tertiary alicyclic amines) is 1. The Morgan fingerprint density at radius 1 is 1.44 bits per heavy atom. The van der Waals surface area contributed by atoms with E-state index in [-0.39, 0.29) is 0 Å². The molecule has 0 aromatic heterocycles. The number of benzene rings is 1. The van der Waals surface area contributed by atoms with Crippen LogP contribution in [0.3, 0.4) is 0 Å². The van der Waals surface area contributed by atoms with Crippen molar-refractivity contribution in [2.45, 2.75) is 38.8 Å². The molecule has 1 aliphatic heterocycles. The van der Waals surface area contributed by atoms with Crippen molar-refractivity contribution in [1.29, 1.82) is 0 Å². The summed E-state index contributed by atoms with van der Waals surface area (Å²) in [7, 11) is 0. The molecule has 1 fully saturated rings. The average Bonchev–Trinajstić information content (AvgIpc) is 2.63. The zero-order chi connectivity index (χ0) is 11.5. The van der Waals surface area contributed by atoms with E-state index in [1.54, 1.807) is 0 Å². The molecule has 0 aliphatic carbocycles. The Balaban J connectivity index is 2.08.